The molecule has 9 heteroatoms. The number of rotatable bonds is 3. The molecule has 3 aromatic heterocycles. The maximum absolute atomic E-state index is 12.5. The highest BCUT2D eigenvalue weighted by molar-refractivity contribution is 9.10. The van der Waals surface area contributed by atoms with Gasteiger partial charge in [-0.05, 0) is 40.2 Å². The van der Waals surface area contributed by atoms with Crippen molar-refractivity contribution in [1.29, 1.82) is 0 Å². The third kappa shape index (κ3) is 2.61. The summed E-state index contributed by atoms with van der Waals surface area (Å²) in [5, 5.41) is -0.204. The fourth-order valence-corrected chi connectivity index (χ4v) is 4.04. The molecule has 0 aliphatic carbocycles. The van der Waals surface area contributed by atoms with Gasteiger partial charge in [-0.1, -0.05) is 17.7 Å². The molecular formula is C12H8BrClN4O2S. The van der Waals surface area contributed by atoms with Gasteiger partial charge in [0.15, 0.2) is 10.2 Å². The molecule has 3 heterocycles. The van der Waals surface area contributed by atoms with E-state index in [1.165, 1.54) is 4.40 Å². The van der Waals surface area contributed by atoms with Gasteiger partial charge in [0.05, 0.1) is 5.69 Å². The molecule has 0 aromatic carbocycles. The Morgan fingerprint density at radius 3 is 2.81 bits per heavy atom. The molecule has 0 saturated carbocycles. The Bertz CT molecular complexity index is 926. The van der Waals surface area contributed by atoms with Gasteiger partial charge in [0, 0.05) is 12.4 Å². The summed E-state index contributed by atoms with van der Waals surface area (Å²) >= 11 is 9.17. The summed E-state index contributed by atoms with van der Waals surface area (Å²) in [6.45, 7) is 0. The van der Waals surface area contributed by atoms with Gasteiger partial charge in [-0.3, -0.25) is 9.12 Å². The Labute approximate surface area is 134 Å². The number of fused-ring (bicyclic) bond motifs is 1. The molecule has 3 aromatic rings. The maximum atomic E-state index is 12.5. The number of nitrogens with zero attached hydrogens (tertiary/aromatic N) is 3. The fraction of sp³-hybridized carbons (Fsp3) is 0. The number of anilines is 1. The van der Waals surface area contributed by atoms with Gasteiger partial charge in [0.1, 0.15) is 10.3 Å². The van der Waals surface area contributed by atoms with E-state index in [1.807, 2.05) is 0 Å². The maximum Gasteiger partial charge on any atom is 0.281 e. The van der Waals surface area contributed by atoms with Crippen molar-refractivity contribution in [2.75, 3.05) is 4.72 Å². The third-order valence-electron chi connectivity index (χ3n) is 2.70. The van der Waals surface area contributed by atoms with E-state index in [2.05, 4.69) is 30.6 Å². The minimum Gasteiger partial charge on any atom is -0.288 e. The van der Waals surface area contributed by atoms with Gasteiger partial charge in [0.2, 0.25) is 0 Å². The zero-order valence-corrected chi connectivity index (χ0v) is 13.5. The molecule has 1 N–H and O–H groups in total. The van der Waals surface area contributed by atoms with Crippen molar-refractivity contribution in [2.24, 2.45) is 0 Å². The summed E-state index contributed by atoms with van der Waals surface area (Å²) in [6.07, 6.45) is 3.13. The van der Waals surface area contributed by atoms with Crippen LogP contribution in [0.15, 0.2) is 52.4 Å². The minimum absolute atomic E-state index is 0.0892. The van der Waals surface area contributed by atoms with E-state index in [9.17, 15) is 8.42 Å². The molecule has 0 bridgehead atoms. The number of halogens is 2. The highest BCUT2D eigenvalue weighted by Gasteiger charge is 2.25. The van der Waals surface area contributed by atoms with Crippen LogP contribution in [-0.2, 0) is 10.0 Å². The van der Waals surface area contributed by atoms with E-state index in [-0.39, 0.29) is 10.2 Å². The van der Waals surface area contributed by atoms with E-state index in [4.69, 9.17) is 11.6 Å². The monoisotopic (exact) mass is 386 g/mol. The number of hydrogen-bond donors (Lipinski definition) is 1. The molecule has 6 nitrogen and oxygen atoms in total. The first-order chi connectivity index (χ1) is 9.99. The number of imidazole rings is 1. The highest BCUT2D eigenvalue weighted by Crippen LogP contribution is 2.27. The molecule has 0 aliphatic heterocycles. The predicted molar refractivity (Wildman–Crippen MR) is 82.9 cm³/mol. The van der Waals surface area contributed by atoms with Crippen molar-refractivity contribution in [3.63, 3.8) is 0 Å². The smallest absolute Gasteiger partial charge is 0.281 e. The van der Waals surface area contributed by atoms with E-state index >= 15 is 0 Å². The second-order valence-corrected chi connectivity index (χ2v) is 6.79. The molecule has 108 valence electrons. The number of pyridine rings is 2. The topological polar surface area (TPSA) is 76.4 Å². The molecule has 0 spiro atoms. The van der Waals surface area contributed by atoms with Crippen LogP contribution in [0.25, 0.3) is 5.65 Å². The van der Waals surface area contributed by atoms with Crippen molar-refractivity contribution < 1.29 is 8.42 Å². The Kier molecular flexibility index (Phi) is 3.60. The van der Waals surface area contributed by atoms with Gasteiger partial charge in [-0.25, -0.2) is 9.97 Å². The molecule has 0 amide bonds. The van der Waals surface area contributed by atoms with Crippen molar-refractivity contribution >= 4 is 48.9 Å². The standard InChI is InChI=1S/C12H8BrClN4O2S/c13-10-8(4-3-6-15-10)17-21(19,20)12-11(14)16-9-5-1-2-7-18(9)12/h1-7,17H. The molecule has 0 radical (unpaired) electrons. The van der Waals surface area contributed by atoms with E-state index in [1.54, 1.807) is 42.7 Å². The molecular weight excluding hydrogens is 380 g/mol. The Balaban J connectivity index is 2.13. The normalized spacial score (nSPS) is 11.7. The van der Waals surface area contributed by atoms with Crippen molar-refractivity contribution in [2.45, 2.75) is 5.03 Å². The second kappa shape index (κ2) is 5.28. The first kappa shape index (κ1) is 14.3. The van der Waals surface area contributed by atoms with Crippen LogP contribution in [0.2, 0.25) is 5.15 Å². The van der Waals surface area contributed by atoms with Crippen molar-refractivity contribution in [3.05, 3.63) is 52.5 Å². The van der Waals surface area contributed by atoms with Crippen LogP contribution in [0.3, 0.4) is 0 Å². The average molecular weight is 388 g/mol. The van der Waals surface area contributed by atoms with Gasteiger partial charge < -0.3 is 0 Å². The Morgan fingerprint density at radius 1 is 1.24 bits per heavy atom. The SMILES string of the molecule is O=S(=O)(Nc1cccnc1Br)c1c(Cl)nc2ccccn12. The molecule has 3 rings (SSSR count). The predicted octanol–water partition coefficient (Wildman–Crippen LogP) is 2.95. The van der Waals surface area contributed by atoms with Crippen molar-refractivity contribution in [1.82, 2.24) is 14.4 Å². The quantitative estimate of drug-likeness (QED) is 0.701. The minimum atomic E-state index is -3.90. The molecule has 0 saturated heterocycles. The number of nitrogens with one attached hydrogen (secondary N) is 1. The summed E-state index contributed by atoms with van der Waals surface area (Å²) in [6, 6.07) is 8.33. The van der Waals surface area contributed by atoms with Crippen LogP contribution < -0.4 is 4.72 Å². The van der Waals surface area contributed by atoms with Crippen LogP contribution in [0.1, 0.15) is 0 Å². The van der Waals surface area contributed by atoms with Crippen LogP contribution in [0, 0.1) is 0 Å². The highest BCUT2D eigenvalue weighted by atomic mass is 79.9. The Hall–Kier alpha value is -1.64. The van der Waals surface area contributed by atoms with Crippen LogP contribution in [0.4, 0.5) is 5.69 Å². The number of hydrogen-bond acceptors (Lipinski definition) is 4. The molecule has 0 unspecified atom stereocenters. The lowest BCUT2D eigenvalue weighted by atomic mass is 10.4. The summed E-state index contributed by atoms with van der Waals surface area (Å²) < 4.78 is 29.3. The van der Waals surface area contributed by atoms with Crippen LogP contribution in [-0.4, -0.2) is 22.8 Å². The van der Waals surface area contributed by atoms with Gasteiger partial charge in [-0.2, -0.15) is 8.42 Å². The second-order valence-electron chi connectivity index (χ2n) is 4.08. The largest absolute Gasteiger partial charge is 0.288 e. The lowest BCUT2D eigenvalue weighted by Crippen LogP contribution is -2.16. The number of sulfonamides is 1. The summed E-state index contributed by atoms with van der Waals surface area (Å²) in [5.41, 5.74) is 0.771. The first-order valence-electron chi connectivity index (χ1n) is 5.75. The average Bonchev–Trinajstić information content (AvgIpc) is 2.77. The Morgan fingerprint density at radius 2 is 2.05 bits per heavy atom. The first-order valence-corrected chi connectivity index (χ1v) is 8.40. The zero-order chi connectivity index (χ0) is 15.0. The fourth-order valence-electron chi connectivity index (χ4n) is 1.84. The summed E-state index contributed by atoms with van der Waals surface area (Å²) in [5.74, 6) is 0. The third-order valence-corrected chi connectivity index (χ3v) is 5.10. The van der Waals surface area contributed by atoms with E-state index < -0.39 is 10.0 Å². The van der Waals surface area contributed by atoms with Gasteiger partial charge in [0.25, 0.3) is 10.0 Å². The van der Waals surface area contributed by atoms with Crippen molar-refractivity contribution in [3.8, 4) is 0 Å². The van der Waals surface area contributed by atoms with E-state index in [0.717, 1.165) is 0 Å². The summed E-state index contributed by atoms with van der Waals surface area (Å²) in [4.78, 5) is 7.99. The molecule has 0 aliphatic rings. The number of aromatic nitrogens is 3. The van der Waals surface area contributed by atoms with Gasteiger partial charge >= 0.3 is 0 Å². The lowest BCUT2D eigenvalue weighted by Gasteiger charge is -2.09. The van der Waals surface area contributed by atoms with E-state index in [0.29, 0.717) is 15.9 Å². The zero-order valence-electron chi connectivity index (χ0n) is 10.4. The van der Waals surface area contributed by atoms with Gasteiger partial charge in [-0.15, -0.1) is 0 Å². The lowest BCUT2D eigenvalue weighted by molar-refractivity contribution is 0.596. The van der Waals surface area contributed by atoms with Crippen LogP contribution >= 0.6 is 27.5 Å². The molecule has 0 fully saturated rings. The molecule has 21 heavy (non-hydrogen) atoms. The molecule has 0 atom stereocenters. The summed E-state index contributed by atoms with van der Waals surface area (Å²) in [7, 11) is -3.90. The van der Waals surface area contributed by atoms with Crippen LogP contribution in [0.5, 0.6) is 0 Å².